The number of hydrogen-bond acceptors (Lipinski definition) is 5. The van der Waals surface area contributed by atoms with E-state index in [0.717, 1.165) is 39.0 Å². The molecule has 6 heteroatoms. The monoisotopic (exact) mass is 418 g/mol. The van der Waals surface area contributed by atoms with Crippen molar-refractivity contribution < 1.29 is 22.8 Å². The van der Waals surface area contributed by atoms with Crippen LogP contribution in [0.3, 0.4) is 0 Å². The van der Waals surface area contributed by atoms with Crippen LogP contribution in [0.15, 0.2) is 26.6 Å². The Bertz CT molecular complexity index is 1110. The maximum absolute atomic E-state index is 10.7. The molecule has 1 atom stereocenters. The van der Waals surface area contributed by atoms with Gasteiger partial charge in [0.1, 0.15) is 22.7 Å². The number of rotatable bonds is 2. The minimum atomic E-state index is -2.14. The molecule has 3 rings (SSSR count). The van der Waals surface area contributed by atoms with Crippen LogP contribution in [-0.2, 0) is 10.8 Å². The zero-order chi connectivity index (χ0) is 21.7. The molecule has 0 fully saturated rings. The van der Waals surface area contributed by atoms with Crippen LogP contribution < -0.4 is 9.47 Å². The van der Waals surface area contributed by atoms with E-state index in [-0.39, 0.29) is 10.8 Å². The molecule has 0 amide bonds. The number of methoxy groups -OCH3 is 2. The van der Waals surface area contributed by atoms with Gasteiger partial charge in [-0.3, -0.25) is 4.89 Å². The lowest BCUT2D eigenvalue weighted by atomic mass is 9.81. The van der Waals surface area contributed by atoms with Crippen molar-refractivity contribution >= 4 is 30.2 Å². The Morgan fingerprint density at radius 1 is 0.828 bits per heavy atom. The molecule has 0 saturated carbocycles. The fourth-order valence-corrected chi connectivity index (χ4v) is 4.63. The third-order valence-corrected chi connectivity index (χ3v) is 5.87. The van der Waals surface area contributed by atoms with Crippen LogP contribution in [0, 0.1) is 6.92 Å². The summed E-state index contributed by atoms with van der Waals surface area (Å²) in [6, 6.07) is 5.86. The average Bonchev–Trinajstić information content (AvgIpc) is 2.73. The van der Waals surface area contributed by atoms with E-state index in [1.54, 1.807) is 14.2 Å². The number of fused-ring (bicyclic) bond motifs is 3. The van der Waals surface area contributed by atoms with E-state index < -0.39 is 8.24 Å². The van der Waals surface area contributed by atoms with Crippen LogP contribution in [0.2, 0.25) is 0 Å². The van der Waals surface area contributed by atoms with E-state index in [0.29, 0.717) is 11.2 Å². The van der Waals surface area contributed by atoms with Gasteiger partial charge in [-0.05, 0) is 41.5 Å². The van der Waals surface area contributed by atoms with Gasteiger partial charge in [0, 0.05) is 21.9 Å². The average molecular weight is 418 g/mol. The van der Waals surface area contributed by atoms with E-state index in [1.165, 1.54) is 0 Å². The Labute approximate surface area is 173 Å². The summed E-state index contributed by atoms with van der Waals surface area (Å²) in [5.74, 6) is 1.50. The van der Waals surface area contributed by atoms with Crippen molar-refractivity contribution in [1.29, 1.82) is 0 Å². The van der Waals surface area contributed by atoms with E-state index in [4.69, 9.17) is 17.9 Å². The highest BCUT2D eigenvalue weighted by Gasteiger charge is 2.27. The maximum atomic E-state index is 10.7. The molecule has 0 radical (unpaired) electrons. The Morgan fingerprint density at radius 3 is 1.93 bits per heavy atom. The van der Waals surface area contributed by atoms with Crippen LogP contribution in [0.4, 0.5) is 0 Å². The fraction of sp³-hybridized carbons (Fsp3) is 0.478. The molecule has 3 aromatic rings. The Morgan fingerprint density at radius 2 is 1.41 bits per heavy atom. The molecule has 0 saturated heterocycles. The number of hydrogen-bond donors (Lipinski definition) is 1. The van der Waals surface area contributed by atoms with Crippen molar-refractivity contribution in [3.8, 4) is 11.5 Å². The summed E-state index contributed by atoms with van der Waals surface area (Å²) in [4.78, 5) is 10.7. The zero-order valence-electron chi connectivity index (χ0n) is 18.8. The van der Waals surface area contributed by atoms with Crippen LogP contribution >= 0.6 is 8.24 Å². The smallest absolute Gasteiger partial charge is 0.384 e. The van der Waals surface area contributed by atoms with Crippen molar-refractivity contribution in [3.05, 3.63) is 34.9 Å². The second kappa shape index (κ2) is 7.30. The van der Waals surface area contributed by atoms with Gasteiger partial charge in [-0.25, -0.2) is 0 Å². The van der Waals surface area contributed by atoms with Gasteiger partial charge in [-0.15, -0.1) is 0 Å². The summed E-state index contributed by atoms with van der Waals surface area (Å²) < 4.78 is 23.3. The van der Waals surface area contributed by atoms with Gasteiger partial charge in [-0.1, -0.05) is 41.5 Å². The lowest BCUT2D eigenvalue weighted by molar-refractivity contribution is 0.409. The summed E-state index contributed by atoms with van der Waals surface area (Å²) in [6.45, 7) is 14.7. The van der Waals surface area contributed by atoms with Gasteiger partial charge in [0.2, 0.25) is 0 Å². The predicted molar refractivity (Wildman–Crippen MR) is 119 cm³/mol. The summed E-state index contributed by atoms with van der Waals surface area (Å²) in [5, 5.41) is 1.66. The number of benzene rings is 2. The van der Waals surface area contributed by atoms with Gasteiger partial charge >= 0.3 is 8.24 Å². The molecule has 1 aromatic heterocycles. The van der Waals surface area contributed by atoms with Crippen molar-refractivity contribution in [3.63, 3.8) is 0 Å². The Balaban J connectivity index is 2.72. The van der Waals surface area contributed by atoms with Crippen molar-refractivity contribution in [2.45, 2.75) is 59.3 Å². The van der Waals surface area contributed by atoms with Crippen molar-refractivity contribution in [1.82, 2.24) is 0 Å². The molecule has 0 spiro atoms. The van der Waals surface area contributed by atoms with Crippen molar-refractivity contribution in [2.75, 3.05) is 14.2 Å². The second-order valence-corrected chi connectivity index (χ2v) is 10.3. The Hall–Kier alpha value is -2.10. The summed E-state index contributed by atoms with van der Waals surface area (Å²) in [7, 11) is 1.18. The van der Waals surface area contributed by atoms with Gasteiger partial charge in [0.25, 0.3) is 0 Å². The van der Waals surface area contributed by atoms with Crippen molar-refractivity contribution in [2.24, 2.45) is 0 Å². The minimum Gasteiger partial charge on any atom is -0.497 e. The lowest BCUT2D eigenvalue weighted by Gasteiger charge is -2.24. The normalized spacial score (nSPS) is 13.1. The first kappa shape index (κ1) is 21.6. The van der Waals surface area contributed by atoms with E-state index >= 15 is 0 Å². The zero-order valence-corrected chi connectivity index (χ0v) is 19.7. The van der Waals surface area contributed by atoms with Crippen LogP contribution in [0.1, 0.15) is 58.2 Å². The quantitative estimate of drug-likeness (QED) is 0.487. The molecule has 158 valence electrons. The standard InChI is InChI=1S/C23H31O5P/c1-13-18(26-9)12-16-15-10-14(25-8)11-17(22(2,3)4)20(15)27-29(24)28-21(16)19(13)23(5,6)7/h10-12,24H,1-9H3. The van der Waals surface area contributed by atoms with Gasteiger partial charge < -0.3 is 17.9 Å². The minimum absolute atomic E-state index is 0.221. The SMILES string of the molecule is COc1cc(C(C)(C)C)c2op(O)oc3c(C(C)(C)C)c(C)c(OC)cc3c2c1. The summed E-state index contributed by atoms with van der Waals surface area (Å²) in [5.41, 5.74) is 3.74. The first-order chi connectivity index (χ1) is 13.4. The van der Waals surface area contributed by atoms with Gasteiger partial charge in [0.15, 0.2) is 0 Å². The van der Waals surface area contributed by atoms with Crippen LogP contribution in [0.5, 0.6) is 11.5 Å². The van der Waals surface area contributed by atoms with Crippen LogP contribution in [-0.4, -0.2) is 19.1 Å². The predicted octanol–water partition coefficient (Wildman–Crippen LogP) is 6.97. The third kappa shape index (κ3) is 3.86. The molecular weight excluding hydrogens is 387 g/mol. The molecule has 5 nitrogen and oxygen atoms in total. The number of ether oxygens (including phenoxy) is 2. The first-order valence-corrected chi connectivity index (χ1v) is 10.8. The van der Waals surface area contributed by atoms with Gasteiger partial charge in [0.05, 0.1) is 14.2 Å². The van der Waals surface area contributed by atoms with E-state index in [2.05, 4.69) is 41.5 Å². The highest BCUT2D eigenvalue weighted by Crippen LogP contribution is 2.45. The largest absolute Gasteiger partial charge is 0.497 e. The summed E-state index contributed by atoms with van der Waals surface area (Å²) >= 11 is 0. The lowest BCUT2D eigenvalue weighted by Crippen LogP contribution is -2.14. The third-order valence-electron chi connectivity index (χ3n) is 5.20. The molecule has 2 aromatic carbocycles. The molecule has 0 aliphatic rings. The fourth-order valence-electron chi connectivity index (χ4n) is 3.89. The molecule has 0 bridgehead atoms. The molecule has 1 unspecified atom stereocenters. The molecule has 1 N–H and O–H groups in total. The molecule has 29 heavy (non-hydrogen) atoms. The van der Waals surface area contributed by atoms with E-state index in [9.17, 15) is 4.89 Å². The van der Waals surface area contributed by atoms with E-state index in [1.807, 2.05) is 25.1 Å². The topological polar surface area (TPSA) is 65.0 Å². The highest BCUT2D eigenvalue weighted by molar-refractivity contribution is 7.30. The molecular formula is C23H31O5P. The molecule has 1 heterocycles. The summed E-state index contributed by atoms with van der Waals surface area (Å²) in [6.07, 6.45) is 0. The maximum Gasteiger partial charge on any atom is 0.384 e. The van der Waals surface area contributed by atoms with Crippen LogP contribution in [0.25, 0.3) is 21.9 Å². The second-order valence-electron chi connectivity index (χ2n) is 9.43. The first-order valence-electron chi connectivity index (χ1n) is 9.68. The van der Waals surface area contributed by atoms with Gasteiger partial charge in [-0.2, -0.15) is 0 Å². The Kier molecular flexibility index (Phi) is 5.44. The molecule has 0 aliphatic carbocycles. The molecule has 0 aliphatic heterocycles. The highest BCUT2D eigenvalue weighted by atomic mass is 31.1.